The molecule has 0 saturated heterocycles. The molecule has 0 aliphatic heterocycles. The SMILES string of the molecule is O=C([O-])C(=O)[S-].[Ag]. The van der Waals surface area contributed by atoms with Crippen LogP contribution in [-0.2, 0) is 44.6 Å². The number of aliphatic carboxylic acids is 1. The van der Waals surface area contributed by atoms with E-state index < -0.39 is 11.1 Å². The summed E-state index contributed by atoms with van der Waals surface area (Å²) in [6.07, 6.45) is 0. The smallest absolute Gasteiger partial charge is 0.0842 e. The van der Waals surface area contributed by atoms with Gasteiger partial charge in [-0.05, 0) is 0 Å². The summed E-state index contributed by atoms with van der Waals surface area (Å²) in [6, 6.07) is 0. The Balaban J connectivity index is 0. The maximum atomic E-state index is 9.30. The molecule has 5 heteroatoms. The van der Waals surface area contributed by atoms with Crippen LogP contribution in [0.1, 0.15) is 0 Å². The van der Waals surface area contributed by atoms with Crippen LogP contribution in [0.3, 0.4) is 0 Å². The summed E-state index contributed by atoms with van der Waals surface area (Å²) in [6.45, 7) is 0. The first kappa shape index (κ1) is 10.2. The molecule has 0 aromatic carbocycles. The molecule has 0 N–H and O–H groups in total. The molecule has 0 atom stereocenters. The Morgan fingerprint density at radius 3 is 1.57 bits per heavy atom. The van der Waals surface area contributed by atoms with Crippen molar-refractivity contribution in [1.82, 2.24) is 0 Å². The first-order valence-corrected chi connectivity index (χ1v) is 1.47. The van der Waals surface area contributed by atoms with E-state index in [1.807, 2.05) is 0 Å². The monoisotopic (exact) mass is 211 g/mol. The predicted molar refractivity (Wildman–Crippen MR) is 17.4 cm³/mol. The molecule has 0 unspecified atom stereocenters. The van der Waals surface area contributed by atoms with Gasteiger partial charge in [-0.1, -0.05) is 0 Å². The largest absolute Gasteiger partial charge is 0.736 e. The van der Waals surface area contributed by atoms with Crippen molar-refractivity contribution in [3.05, 3.63) is 0 Å². The average molecular weight is 212 g/mol. The van der Waals surface area contributed by atoms with E-state index >= 15 is 0 Å². The van der Waals surface area contributed by atoms with Crippen LogP contribution in [0.5, 0.6) is 0 Å². The van der Waals surface area contributed by atoms with Gasteiger partial charge in [0.1, 0.15) is 0 Å². The number of carboxylic acid groups (broad SMARTS) is 1. The Bertz CT molecular complexity index is 78.9. The predicted octanol–water partition coefficient (Wildman–Crippen LogP) is -2.19. The Morgan fingerprint density at radius 1 is 1.43 bits per heavy atom. The Kier molecular flexibility index (Phi) is 6.19. The molecular formula is C2AgO3S-2. The zero-order chi connectivity index (χ0) is 5.15. The summed E-state index contributed by atoms with van der Waals surface area (Å²) in [4.78, 5) is 18.4. The zero-order valence-corrected chi connectivity index (χ0v) is 5.23. The molecule has 0 aliphatic carbocycles. The second-order valence-corrected chi connectivity index (χ2v) is 0.946. The Morgan fingerprint density at radius 2 is 1.57 bits per heavy atom. The molecule has 0 fully saturated rings. The quantitative estimate of drug-likeness (QED) is 0.281. The van der Waals surface area contributed by atoms with E-state index in [2.05, 4.69) is 12.6 Å². The fourth-order valence-electron chi connectivity index (χ4n) is 0. The summed E-state index contributed by atoms with van der Waals surface area (Å²) in [5, 5.41) is 7.78. The van der Waals surface area contributed by atoms with E-state index in [4.69, 9.17) is 9.90 Å². The maximum absolute atomic E-state index is 9.30. The van der Waals surface area contributed by atoms with Gasteiger partial charge in [0.2, 0.25) is 0 Å². The van der Waals surface area contributed by atoms with Crippen molar-refractivity contribution in [3.63, 3.8) is 0 Å². The molecule has 0 spiro atoms. The van der Waals surface area contributed by atoms with E-state index in [0.717, 1.165) is 0 Å². The standard InChI is InChI=1S/C2H2O3S.Ag/c3-1(4)2(5)6;/h(H,3,4)(H,5,6);/p-2. The Labute approximate surface area is 61.0 Å². The maximum Gasteiger partial charge on any atom is 0.0842 e. The van der Waals surface area contributed by atoms with E-state index in [9.17, 15) is 4.79 Å². The molecule has 0 aromatic rings. The van der Waals surface area contributed by atoms with Crippen LogP contribution in [0.25, 0.3) is 0 Å². The summed E-state index contributed by atoms with van der Waals surface area (Å²) in [7, 11) is 0. The number of carbonyl (C=O) groups excluding carboxylic acids is 2. The van der Waals surface area contributed by atoms with Gasteiger partial charge in [-0.2, -0.15) is 0 Å². The van der Waals surface area contributed by atoms with E-state index in [1.54, 1.807) is 0 Å². The first-order chi connectivity index (χ1) is 2.64. The summed E-state index contributed by atoms with van der Waals surface area (Å²) in [5.41, 5.74) is 0. The number of hydrogen-bond acceptors (Lipinski definition) is 4. The molecule has 0 heterocycles. The summed E-state index contributed by atoms with van der Waals surface area (Å²) >= 11 is 3.60. The second-order valence-electron chi connectivity index (χ2n) is 0.575. The molecule has 45 valence electrons. The number of carboxylic acids is 1. The Hall–Kier alpha value is 0.100. The van der Waals surface area contributed by atoms with Gasteiger partial charge in [-0.25, -0.2) is 0 Å². The molecule has 0 bridgehead atoms. The third kappa shape index (κ3) is 6.10. The minimum Gasteiger partial charge on any atom is -0.736 e. The zero-order valence-electron chi connectivity index (χ0n) is 2.93. The van der Waals surface area contributed by atoms with Crippen LogP contribution in [0.4, 0.5) is 0 Å². The van der Waals surface area contributed by atoms with E-state index in [-0.39, 0.29) is 22.4 Å². The fraction of sp³-hybridized carbons (Fsp3) is 0. The van der Waals surface area contributed by atoms with Crippen LogP contribution < -0.4 is 5.11 Å². The van der Waals surface area contributed by atoms with Gasteiger partial charge in [-0.15, -0.1) is 0 Å². The van der Waals surface area contributed by atoms with Crippen LogP contribution in [0.15, 0.2) is 0 Å². The van der Waals surface area contributed by atoms with Gasteiger partial charge in [0, 0.05) is 22.4 Å². The van der Waals surface area contributed by atoms with E-state index in [0.29, 0.717) is 0 Å². The van der Waals surface area contributed by atoms with Gasteiger partial charge < -0.3 is 27.3 Å². The molecule has 3 nitrogen and oxygen atoms in total. The van der Waals surface area contributed by atoms with E-state index in [1.165, 1.54) is 0 Å². The normalized spacial score (nSPS) is 6.29. The molecule has 0 aliphatic rings. The topological polar surface area (TPSA) is 57.2 Å². The van der Waals surface area contributed by atoms with Crippen molar-refractivity contribution < 1.29 is 37.1 Å². The van der Waals surface area contributed by atoms with Crippen molar-refractivity contribution in [1.29, 1.82) is 0 Å². The number of hydrogen-bond donors (Lipinski definition) is 0. The minimum absolute atomic E-state index is 0. The molecule has 7 heavy (non-hydrogen) atoms. The third-order valence-corrected chi connectivity index (χ3v) is 0.333. The van der Waals surface area contributed by atoms with Crippen molar-refractivity contribution >= 4 is 23.7 Å². The van der Waals surface area contributed by atoms with Crippen LogP contribution >= 0.6 is 0 Å². The minimum atomic E-state index is -1.81. The van der Waals surface area contributed by atoms with Crippen LogP contribution in [-0.4, -0.2) is 11.1 Å². The van der Waals surface area contributed by atoms with Gasteiger partial charge in [0.05, 0.1) is 11.1 Å². The summed E-state index contributed by atoms with van der Waals surface area (Å²) < 4.78 is 0. The van der Waals surface area contributed by atoms with Crippen LogP contribution in [0, 0.1) is 0 Å². The third-order valence-electron chi connectivity index (χ3n) is 0.167. The van der Waals surface area contributed by atoms with Crippen molar-refractivity contribution in [2.45, 2.75) is 0 Å². The summed E-state index contributed by atoms with van der Waals surface area (Å²) in [5.74, 6) is -1.81. The molecule has 0 amide bonds. The van der Waals surface area contributed by atoms with Gasteiger partial charge in [0.25, 0.3) is 0 Å². The number of carbonyl (C=O) groups is 2. The molecule has 0 saturated carbocycles. The molecule has 1 radical (unpaired) electrons. The number of rotatable bonds is 1. The average Bonchev–Trinajstić information content (AvgIpc) is 1.36. The van der Waals surface area contributed by atoms with Crippen molar-refractivity contribution in [2.24, 2.45) is 0 Å². The van der Waals surface area contributed by atoms with Gasteiger partial charge >= 0.3 is 0 Å². The first-order valence-electron chi connectivity index (χ1n) is 1.07. The molecule has 0 aromatic heterocycles. The van der Waals surface area contributed by atoms with Gasteiger partial charge in [-0.3, -0.25) is 0 Å². The van der Waals surface area contributed by atoms with Crippen molar-refractivity contribution in [2.75, 3.05) is 0 Å². The fourth-order valence-corrected chi connectivity index (χ4v) is 0. The second kappa shape index (κ2) is 4.26. The van der Waals surface area contributed by atoms with Crippen LogP contribution in [0.2, 0.25) is 0 Å². The van der Waals surface area contributed by atoms with Gasteiger partial charge in [0.15, 0.2) is 0 Å². The molecule has 0 rings (SSSR count). The molecular weight excluding hydrogens is 212 g/mol. The van der Waals surface area contributed by atoms with Crippen molar-refractivity contribution in [3.8, 4) is 0 Å².